The van der Waals surface area contributed by atoms with Crippen LogP contribution in [0.3, 0.4) is 0 Å². The van der Waals surface area contributed by atoms with Gasteiger partial charge in [-0.2, -0.15) is 0 Å². The predicted molar refractivity (Wildman–Crippen MR) is 38.9 cm³/mol. The third kappa shape index (κ3) is 41.1. The van der Waals surface area contributed by atoms with Crippen LogP contribution in [-0.4, -0.2) is 45.1 Å². The van der Waals surface area contributed by atoms with Crippen LogP contribution in [0, 0.1) is 0 Å². The minimum atomic E-state index is -2.17. The topological polar surface area (TPSA) is 113 Å². The smallest absolute Gasteiger partial charge is 0.402 e. The van der Waals surface area contributed by atoms with Gasteiger partial charge in [-0.05, 0) is 13.8 Å². The zero-order chi connectivity index (χ0) is 9.44. The second kappa shape index (κ2) is 7.93. The molecule has 0 aliphatic rings. The largest absolute Gasteiger partial charge is 0.631 e. The number of hydrogen-bond donors (Lipinski definition) is 6. The summed E-state index contributed by atoms with van der Waals surface area (Å²) in [6.07, 6.45) is -1.25. The van der Waals surface area contributed by atoms with Gasteiger partial charge in [0.25, 0.3) is 0 Å². The minimum Gasteiger partial charge on any atom is -0.402 e. The quantitative estimate of drug-likeness (QED) is 0.195. The summed E-state index contributed by atoms with van der Waals surface area (Å²) in [4.78, 5) is 0. The average Bonchev–Trinajstić information content (AvgIpc) is 1.56. The maximum Gasteiger partial charge on any atom is 0.631 e. The molecule has 0 aromatic heterocycles. The molecule has 0 saturated carbocycles. The fourth-order valence-electron chi connectivity index (χ4n) is 0.349. The summed E-state index contributed by atoms with van der Waals surface area (Å²) in [6.45, 7) is 3.10. The summed E-state index contributed by atoms with van der Waals surface area (Å²) in [5.74, 6) is 0. The van der Waals surface area contributed by atoms with Crippen molar-refractivity contribution in [3.8, 4) is 0 Å². The Hall–Kier alpha value is -0.175. The van der Waals surface area contributed by atoms with E-state index < -0.39 is 19.8 Å². The van der Waals surface area contributed by atoms with E-state index in [1.165, 1.54) is 0 Å². The van der Waals surface area contributed by atoms with Crippen LogP contribution in [0.5, 0.6) is 0 Å². The molecule has 0 radical (unpaired) electrons. The van der Waals surface area contributed by atoms with Crippen molar-refractivity contribution >= 4 is 7.32 Å². The van der Waals surface area contributed by atoms with Crippen LogP contribution in [0.15, 0.2) is 0 Å². The summed E-state index contributed by atoms with van der Waals surface area (Å²) in [6, 6.07) is 0. The molecule has 0 rings (SSSR count). The lowest BCUT2D eigenvalue weighted by Gasteiger charge is -2.08. The maximum absolute atomic E-state index is 8.45. The van der Waals surface area contributed by atoms with Gasteiger partial charge < -0.3 is 25.3 Å². The van der Waals surface area contributed by atoms with Gasteiger partial charge in [-0.3, -0.25) is 5.32 Å². The molecule has 0 aromatic rings. The van der Waals surface area contributed by atoms with E-state index in [4.69, 9.17) is 25.3 Å². The van der Waals surface area contributed by atoms with E-state index in [1.807, 2.05) is 0 Å². The van der Waals surface area contributed by atoms with Crippen LogP contribution in [0.2, 0.25) is 0 Å². The molecular weight excluding hydrogens is 153 g/mol. The Balaban J connectivity index is 0. The highest BCUT2D eigenvalue weighted by molar-refractivity contribution is 6.30. The normalized spacial score (nSPS) is 14.5. The first-order chi connectivity index (χ1) is 4.86. The Morgan fingerprint density at radius 2 is 1.18 bits per heavy atom. The van der Waals surface area contributed by atoms with E-state index in [1.54, 1.807) is 13.8 Å². The molecule has 2 unspecified atom stereocenters. The molecule has 7 heteroatoms. The van der Waals surface area contributed by atoms with Gasteiger partial charge in [0.15, 0.2) is 0 Å². The summed E-state index contributed by atoms with van der Waals surface area (Å²) in [5.41, 5.74) is 0. The van der Waals surface area contributed by atoms with Crippen LogP contribution in [0.1, 0.15) is 13.8 Å². The van der Waals surface area contributed by atoms with Gasteiger partial charge in [0.05, 0.1) is 0 Å². The second-order valence-electron chi connectivity index (χ2n) is 1.87. The molecular formula is C4H14BNO5. The van der Waals surface area contributed by atoms with E-state index in [9.17, 15) is 0 Å². The van der Waals surface area contributed by atoms with Crippen LogP contribution in [0.4, 0.5) is 0 Å². The second-order valence-corrected chi connectivity index (χ2v) is 1.87. The number of aliphatic hydroxyl groups excluding tert-OH is 2. The minimum absolute atomic E-state index is 0.625. The molecule has 0 bridgehead atoms. The van der Waals surface area contributed by atoms with Crippen LogP contribution >= 0.6 is 0 Å². The summed E-state index contributed by atoms with van der Waals surface area (Å²) < 4.78 is 0. The van der Waals surface area contributed by atoms with Gasteiger partial charge in [-0.1, -0.05) is 0 Å². The Kier molecular flexibility index (Phi) is 9.67. The van der Waals surface area contributed by atoms with Crippen molar-refractivity contribution in [3.63, 3.8) is 0 Å². The van der Waals surface area contributed by atoms with Gasteiger partial charge in [-0.25, -0.2) is 0 Å². The zero-order valence-corrected chi connectivity index (χ0v) is 6.47. The molecule has 0 aromatic carbocycles. The molecule has 0 heterocycles. The molecule has 6 nitrogen and oxygen atoms in total. The van der Waals surface area contributed by atoms with Crippen molar-refractivity contribution in [3.05, 3.63) is 0 Å². The molecule has 0 aliphatic carbocycles. The van der Waals surface area contributed by atoms with Crippen LogP contribution < -0.4 is 5.32 Å². The van der Waals surface area contributed by atoms with Crippen molar-refractivity contribution in [1.82, 2.24) is 5.32 Å². The fourth-order valence-corrected chi connectivity index (χ4v) is 0.349. The van der Waals surface area contributed by atoms with Gasteiger partial charge in [0, 0.05) is 0 Å². The Bertz CT molecular complexity index is 70.1. The number of hydrogen-bond acceptors (Lipinski definition) is 6. The maximum atomic E-state index is 8.45. The van der Waals surface area contributed by atoms with E-state index in [0.29, 0.717) is 0 Å². The molecule has 0 spiro atoms. The third-order valence-electron chi connectivity index (χ3n) is 0.482. The summed E-state index contributed by atoms with van der Waals surface area (Å²) in [5, 5.41) is 40.8. The molecule has 2 atom stereocenters. The first-order valence-electron chi connectivity index (χ1n) is 3.02. The third-order valence-corrected chi connectivity index (χ3v) is 0.482. The molecule has 0 amide bonds. The van der Waals surface area contributed by atoms with Crippen molar-refractivity contribution in [1.29, 1.82) is 0 Å². The van der Waals surface area contributed by atoms with Crippen molar-refractivity contribution in [2.75, 3.05) is 0 Å². The highest BCUT2D eigenvalue weighted by Gasteiger charge is 1.95. The van der Waals surface area contributed by atoms with Crippen molar-refractivity contribution in [2.24, 2.45) is 0 Å². The lowest BCUT2D eigenvalue weighted by Crippen LogP contribution is -2.33. The first kappa shape index (κ1) is 13.4. The van der Waals surface area contributed by atoms with Crippen LogP contribution in [-0.2, 0) is 0 Å². The highest BCUT2D eigenvalue weighted by atomic mass is 16.5. The molecule has 0 saturated heterocycles. The van der Waals surface area contributed by atoms with Gasteiger partial charge in [-0.15, -0.1) is 0 Å². The molecule has 68 valence electrons. The zero-order valence-electron chi connectivity index (χ0n) is 6.47. The lowest BCUT2D eigenvalue weighted by atomic mass is 10.3. The van der Waals surface area contributed by atoms with Crippen molar-refractivity contribution in [2.45, 2.75) is 26.3 Å². The van der Waals surface area contributed by atoms with Crippen molar-refractivity contribution < 1.29 is 25.3 Å². The van der Waals surface area contributed by atoms with E-state index in [0.717, 1.165) is 0 Å². The molecule has 6 N–H and O–H groups in total. The van der Waals surface area contributed by atoms with Gasteiger partial charge in [0.1, 0.15) is 12.5 Å². The van der Waals surface area contributed by atoms with E-state index in [-0.39, 0.29) is 0 Å². The lowest BCUT2D eigenvalue weighted by molar-refractivity contribution is 0.0632. The fraction of sp³-hybridized carbons (Fsp3) is 1.00. The van der Waals surface area contributed by atoms with E-state index >= 15 is 0 Å². The Labute approximate surface area is 65.3 Å². The van der Waals surface area contributed by atoms with E-state index in [2.05, 4.69) is 5.32 Å². The molecule has 0 aliphatic heterocycles. The standard InChI is InChI=1S/C4H11NO2.BH3O3/c1-3(6)5-4(2)7;2-1(3)4/h3-7H,1-2H3;2-4H. The molecule has 0 fully saturated rings. The Morgan fingerprint density at radius 3 is 1.18 bits per heavy atom. The number of nitrogens with one attached hydrogen (secondary N) is 1. The number of rotatable bonds is 2. The molecule has 11 heavy (non-hydrogen) atoms. The Morgan fingerprint density at radius 1 is 1.00 bits per heavy atom. The van der Waals surface area contributed by atoms with Gasteiger partial charge in [0.2, 0.25) is 0 Å². The predicted octanol–water partition coefficient (Wildman–Crippen LogP) is -2.80. The first-order valence-corrected chi connectivity index (χ1v) is 3.02. The summed E-state index contributed by atoms with van der Waals surface area (Å²) >= 11 is 0. The summed E-state index contributed by atoms with van der Waals surface area (Å²) in [7, 11) is -2.17. The van der Waals surface area contributed by atoms with Gasteiger partial charge >= 0.3 is 7.32 Å². The SMILES string of the molecule is CC(O)NC(C)O.OB(O)O. The van der Waals surface area contributed by atoms with Crippen LogP contribution in [0.25, 0.3) is 0 Å². The average molecular weight is 167 g/mol. The number of aliphatic hydroxyl groups is 2. The highest BCUT2D eigenvalue weighted by Crippen LogP contribution is 1.74. The monoisotopic (exact) mass is 167 g/mol.